The third-order valence-corrected chi connectivity index (χ3v) is 4.72. The van der Waals surface area contributed by atoms with Gasteiger partial charge in [0.1, 0.15) is 6.10 Å². The van der Waals surface area contributed by atoms with E-state index in [2.05, 4.69) is 10.6 Å². The van der Waals surface area contributed by atoms with Crippen molar-refractivity contribution in [3.63, 3.8) is 0 Å². The molecule has 1 aliphatic carbocycles. The quantitative estimate of drug-likeness (QED) is 0.159. The third kappa shape index (κ3) is 6.62. The van der Waals surface area contributed by atoms with Crippen LogP contribution in [-0.2, 0) is 9.59 Å². The van der Waals surface area contributed by atoms with Gasteiger partial charge in [0.05, 0.1) is 49.7 Å². The van der Waals surface area contributed by atoms with Crippen molar-refractivity contribution in [3.8, 4) is 0 Å². The summed E-state index contributed by atoms with van der Waals surface area (Å²) in [5, 5.41) is 81.9. The molecule has 1 aliphatic rings. The molecular formula is C15H28N2O10. The predicted octanol–water partition coefficient (Wildman–Crippen LogP) is -4.72. The maximum atomic E-state index is 10.8. The fourth-order valence-corrected chi connectivity index (χ4v) is 3.20. The lowest BCUT2D eigenvalue weighted by Gasteiger charge is -2.47. The van der Waals surface area contributed by atoms with Crippen LogP contribution in [0.5, 0.6) is 0 Å². The Kier molecular flexibility index (Phi) is 9.49. The van der Waals surface area contributed by atoms with Gasteiger partial charge in [-0.2, -0.15) is 0 Å². The van der Waals surface area contributed by atoms with Gasteiger partial charge in [-0.05, 0) is 6.42 Å². The lowest BCUT2D eigenvalue weighted by atomic mass is 9.73. The summed E-state index contributed by atoms with van der Waals surface area (Å²) in [5.41, 5.74) is 0. The zero-order valence-electron chi connectivity index (χ0n) is 14.5. The smallest absolute Gasteiger partial charge is 0.317 e. The molecule has 1 fully saturated rings. The van der Waals surface area contributed by atoms with E-state index < -0.39 is 73.6 Å². The Morgan fingerprint density at radius 2 is 1.41 bits per heavy atom. The first-order chi connectivity index (χ1) is 12.6. The number of rotatable bonds is 11. The van der Waals surface area contributed by atoms with Crippen molar-refractivity contribution >= 4 is 11.9 Å². The van der Waals surface area contributed by atoms with Crippen LogP contribution in [-0.4, -0.2) is 115 Å². The van der Waals surface area contributed by atoms with Gasteiger partial charge in [0.15, 0.2) is 0 Å². The van der Waals surface area contributed by atoms with Crippen LogP contribution in [0.4, 0.5) is 0 Å². The summed E-state index contributed by atoms with van der Waals surface area (Å²) < 4.78 is 0. The highest BCUT2D eigenvalue weighted by atomic mass is 16.4. The second-order valence-corrected chi connectivity index (χ2v) is 6.62. The van der Waals surface area contributed by atoms with Crippen molar-refractivity contribution in [3.05, 3.63) is 0 Å². The minimum atomic E-state index is -1.48. The van der Waals surface area contributed by atoms with Gasteiger partial charge in [0.25, 0.3) is 0 Å². The summed E-state index contributed by atoms with van der Waals surface area (Å²) in [6, 6.07) is -2.33. The summed E-state index contributed by atoms with van der Waals surface area (Å²) in [6.07, 6.45) is -7.66. The topological polar surface area (TPSA) is 220 Å². The number of carbonyl (C=O) groups is 2. The molecule has 8 atom stereocenters. The molecule has 0 radical (unpaired) electrons. The van der Waals surface area contributed by atoms with E-state index in [1.165, 1.54) is 0 Å². The lowest BCUT2D eigenvalue weighted by Crippen LogP contribution is -2.69. The van der Waals surface area contributed by atoms with Crippen molar-refractivity contribution in [2.45, 2.75) is 55.4 Å². The fraction of sp³-hybridized carbons (Fsp3) is 0.867. The maximum Gasteiger partial charge on any atom is 0.317 e. The Morgan fingerprint density at radius 1 is 0.852 bits per heavy atom. The monoisotopic (exact) mass is 396 g/mol. The summed E-state index contributed by atoms with van der Waals surface area (Å²) in [6.45, 7) is -1.62. The molecule has 12 nitrogen and oxygen atoms in total. The second kappa shape index (κ2) is 10.8. The first-order valence-corrected chi connectivity index (χ1v) is 8.51. The van der Waals surface area contributed by atoms with Crippen LogP contribution < -0.4 is 10.6 Å². The van der Waals surface area contributed by atoms with Crippen LogP contribution in [0, 0.1) is 5.92 Å². The van der Waals surface area contributed by atoms with Gasteiger partial charge in [0, 0.05) is 18.9 Å². The van der Waals surface area contributed by atoms with E-state index in [9.17, 15) is 35.1 Å². The highest BCUT2D eigenvalue weighted by molar-refractivity contribution is 5.69. The fourth-order valence-electron chi connectivity index (χ4n) is 3.20. The number of carboxylic acid groups (broad SMARTS) is 2. The number of nitrogens with one attached hydrogen (secondary N) is 2. The molecule has 158 valence electrons. The van der Waals surface area contributed by atoms with Crippen LogP contribution in [0.3, 0.4) is 0 Å². The minimum absolute atomic E-state index is 0.129. The molecule has 0 aromatic rings. The maximum absolute atomic E-state index is 10.8. The molecule has 0 aromatic carbocycles. The molecule has 0 amide bonds. The molecule has 0 bridgehead atoms. The molecule has 1 rings (SSSR count). The zero-order chi connectivity index (χ0) is 20.7. The molecule has 27 heavy (non-hydrogen) atoms. The Balaban J connectivity index is 2.92. The van der Waals surface area contributed by atoms with Crippen molar-refractivity contribution in [1.29, 1.82) is 0 Å². The normalized spacial score (nSPS) is 33.4. The first kappa shape index (κ1) is 23.7. The van der Waals surface area contributed by atoms with Crippen molar-refractivity contribution in [2.75, 3.05) is 19.7 Å². The molecule has 0 aromatic heterocycles. The van der Waals surface area contributed by atoms with Crippen molar-refractivity contribution < 1.29 is 50.4 Å². The van der Waals surface area contributed by atoms with E-state index in [-0.39, 0.29) is 19.4 Å². The van der Waals surface area contributed by atoms with E-state index in [1.54, 1.807) is 0 Å². The summed E-state index contributed by atoms with van der Waals surface area (Å²) in [7, 11) is 0. The van der Waals surface area contributed by atoms with E-state index in [0.29, 0.717) is 0 Å². The van der Waals surface area contributed by atoms with E-state index in [1.807, 2.05) is 0 Å². The predicted molar refractivity (Wildman–Crippen MR) is 88.7 cm³/mol. The Morgan fingerprint density at radius 3 is 1.89 bits per heavy atom. The molecule has 0 saturated heterocycles. The van der Waals surface area contributed by atoms with Gasteiger partial charge in [-0.15, -0.1) is 0 Å². The first-order valence-electron chi connectivity index (χ1n) is 8.51. The summed E-state index contributed by atoms with van der Waals surface area (Å²) in [4.78, 5) is 21.6. The molecule has 12 heteroatoms. The van der Waals surface area contributed by atoms with Crippen LogP contribution in [0.15, 0.2) is 0 Å². The largest absolute Gasteiger partial charge is 0.481 e. The molecule has 0 spiro atoms. The van der Waals surface area contributed by atoms with Gasteiger partial charge in [-0.3, -0.25) is 14.9 Å². The number of aliphatic hydroxyl groups is 6. The SMILES string of the molecule is O=C(O)CC[C@H]1[C@@H](O)[C@@H](NCC(=O)O)[C@@H](O)[C@@H](NC[C@H](O)[C@H](O)CO)[C@H]1O. The number of carboxylic acids is 2. The van der Waals surface area contributed by atoms with Gasteiger partial charge in [-0.25, -0.2) is 0 Å². The van der Waals surface area contributed by atoms with Gasteiger partial charge >= 0.3 is 11.9 Å². The summed E-state index contributed by atoms with van der Waals surface area (Å²) >= 11 is 0. The molecule has 1 saturated carbocycles. The molecule has 0 aliphatic heterocycles. The Labute approximate surface area is 155 Å². The highest BCUT2D eigenvalue weighted by Crippen LogP contribution is 2.30. The standard InChI is InChI=1S/C15H28N2O10/c18-5-8(20)7(19)3-16-11-13(25)6(1-2-9(21)22)14(26)12(15(11)27)17-4-10(23)24/h6-8,11-20,25-27H,1-5H2,(H,21,22)(H,23,24)/t6-,7+,8-,11+,12-,13+,14-,15+/m1/s1. The van der Waals surface area contributed by atoms with Gasteiger partial charge in [0.2, 0.25) is 0 Å². The zero-order valence-corrected chi connectivity index (χ0v) is 14.5. The highest BCUT2D eigenvalue weighted by Gasteiger charge is 2.49. The molecular weight excluding hydrogens is 368 g/mol. The van der Waals surface area contributed by atoms with Crippen LogP contribution in [0.2, 0.25) is 0 Å². The second-order valence-electron chi connectivity index (χ2n) is 6.62. The van der Waals surface area contributed by atoms with Crippen molar-refractivity contribution in [2.24, 2.45) is 5.92 Å². The molecule has 0 unspecified atom stereocenters. The number of aliphatic carboxylic acids is 2. The van der Waals surface area contributed by atoms with E-state index >= 15 is 0 Å². The van der Waals surface area contributed by atoms with E-state index in [4.69, 9.17) is 15.3 Å². The van der Waals surface area contributed by atoms with Crippen LogP contribution in [0.25, 0.3) is 0 Å². The average Bonchev–Trinajstić information content (AvgIpc) is 2.59. The Hall–Kier alpha value is -1.38. The van der Waals surface area contributed by atoms with Gasteiger partial charge < -0.3 is 46.2 Å². The molecule has 10 N–H and O–H groups in total. The lowest BCUT2D eigenvalue weighted by molar-refractivity contribution is -0.141. The summed E-state index contributed by atoms with van der Waals surface area (Å²) in [5.74, 6) is -3.39. The third-order valence-electron chi connectivity index (χ3n) is 4.72. The number of hydrogen-bond acceptors (Lipinski definition) is 10. The van der Waals surface area contributed by atoms with E-state index in [0.717, 1.165) is 0 Å². The number of hydrogen-bond donors (Lipinski definition) is 10. The molecule has 0 heterocycles. The minimum Gasteiger partial charge on any atom is -0.481 e. The van der Waals surface area contributed by atoms with Crippen LogP contribution >= 0.6 is 0 Å². The number of aliphatic hydroxyl groups excluding tert-OH is 6. The van der Waals surface area contributed by atoms with Crippen LogP contribution in [0.1, 0.15) is 12.8 Å². The average molecular weight is 396 g/mol. The van der Waals surface area contributed by atoms with Gasteiger partial charge in [-0.1, -0.05) is 0 Å². The Bertz CT molecular complexity index is 461. The van der Waals surface area contributed by atoms with Crippen molar-refractivity contribution in [1.82, 2.24) is 10.6 Å².